The van der Waals surface area contributed by atoms with E-state index in [1.165, 1.54) is 8.61 Å². The molecule has 0 spiro atoms. The fourth-order valence-electron chi connectivity index (χ4n) is 2.35. The van der Waals surface area contributed by atoms with Gasteiger partial charge in [0.05, 0.1) is 6.54 Å². The van der Waals surface area contributed by atoms with Crippen molar-refractivity contribution in [2.24, 2.45) is 13.0 Å². The van der Waals surface area contributed by atoms with Crippen LogP contribution in [0.4, 0.5) is 0 Å². The second kappa shape index (κ2) is 6.21. The van der Waals surface area contributed by atoms with Crippen molar-refractivity contribution >= 4 is 10.2 Å². The van der Waals surface area contributed by atoms with Crippen LogP contribution in [-0.4, -0.2) is 58.4 Å². The first kappa shape index (κ1) is 15.4. The lowest BCUT2D eigenvalue weighted by atomic mass is 10.00. The molecule has 1 N–H and O–H groups in total. The summed E-state index contributed by atoms with van der Waals surface area (Å²) in [6.07, 6.45) is 4.88. The predicted octanol–water partition coefficient (Wildman–Crippen LogP) is -0.199. The highest BCUT2D eigenvalue weighted by atomic mass is 32.2. The molecule has 0 aromatic carbocycles. The Morgan fingerprint density at radius 3 is 2.60 bits per heavy atom. The molecule has 0 aliphatic carbocycles. The minimum absolute atomic E-state index is 0.136. The Labute approximate surface area is 120 Å². The van der Waals surface area contributed by atoms with E-state index >= 15 is 0 Å². The van der Waals surface area contributed by atoms with Crippen LogP contribution in [0.1, 0.15) is 18.7 Å². The van der Waals surface area contributed by atoms with Gasteiger partial charge in [-0.3, -0.25) is 0 Å². The standard InChI is InChI=1S/C12H22N4O3S/c1-14-8-5-13-12(14)9-15(2)20(18,19)16-6-3-11(10-17)4-7-16/h5,8,11,17H,3-4,6-7,9-10H2,1-2H3. The predicted molar refractivity (Wildman–Crippen MR) is 75.0 cm³/mol. The molecule has 0 atom stereocenters. The zero-order valence-corrected chi connectivity index (χ0v) is 12.8. The second-order valence-electron chi connectivity index (χ2n) is 5.24. The summed E-state index contributed by atoms with van der Waals surface area (Å²) in [4.78, 5) is 4.14. The molecule has 1 aromatic rings. The average molecular weight is 302 g/mol. The van der Waals surface area contributed by atoms with Crippen molar-refractivity contribution in [3.8, 4) is 0 Å². The summed E-state index contributed by atoms with van der Waals surface area (Å²) in [5, 5.41) is 9.10. The lowest BCUT2D eigenvalue weighted by molar-refractivity contribution is 0.166. The van der Waals surface area contributed by atoms with Crippen LogP contribution in [0, 0.1) is 5.92 Å². The fraction of sp³-hybridized carbons (Fsp3) is 0.750. The number of piperidine rings is 1. The summed E-state index contributed by atoms with van der Waals surface area (Å²) < 4.78 is 29.6. The fourth-order valence-corrected chi connectivity index (χ4v) is 3.69. The van der Waals surface area contributed by atoms with Crippen molar-refractivity contribution in [3.63, 3.8) is 0 Å². The summed E-state index contributed by atoms with van der Waals surface area (Å²) in [6.45, 7) is 1.33. The van der Waals surface area contributed by atoms with Gasteiger partial charge < -0.3 is 9.67 Å². The van der Waals surface area contributed by atoms with E-state index in [2.05, 4.69) is 4.98 Å². The number of aryl methyl sites for hydroxylation is 1. The highest BCUT2D eigenvalue weighted by Gasteiger charge is 2.31. The van der Waals surface area contributed by atoms with Gasteiger partial charge in [-0.25, -0.2) is 4.98 Å². The molecule has 1 aliphatic heterocycles. The van der Waals surface area contributed by atoms with Crippen molar-refractivity contribution in [3.05, 3.63) is 18.2 Å². The molecular weight excluding hydrogens is 280 g/mol. The van der Waals surface area contributed by atoms with Crippen LogP contribution in [0.25, 0.3) is 0 Å². The van der Waals surface area contributed by atoms with Crippen molar-refractivity contribution < 1.29 is 13.5 Å². The average Bonchev–Trinajstić information content (AvgIpc) is 2.84. The molecule has 2 heterocycles. The first-order valence-electron chi connectivity index (χ1n) is 6.73. The Morgan fingerprint density at radius 2 is 2.10 bits per heavy atom. The SMILES string of the molecule is CN(Cc1nccn1C)S(=O)(=O)N1CCC(CO)CC1. The Bertz CT molecular complexity index is 535. The van der Waals surface area contributed by atoms with E-state index in [-0.39, 0.29) is 19.1 Å². The van der Waals surface area contributed by atoms with Gasteiger partial charge in [-0.05, 0) is 18.8 Å². The van der Waals surface area contributed by atoms with Gasteiger partial charge in [0, 0.05) is 46.2 Å². The molecule has 7 nitrogen and oxygen atoms in total. The minimum Gasteiger partial charge on any atom is -0.396 e. The number of rotatable bonds is 5. The number of aromatic nitrogens is 2. The maximum Gasteiger partial charge on any atom is 0.282 e. The zero-order valence-electron chi connectivity index (χ0n) is 11.9. The highest BCUT2D eigenvalue weighted by Crippen LogP contribution is 2.21. The summed E-state index contributed by atoms with van der Waals surface area (Å²) in [5.74, 6) is 0.933. The topological polar surface area (TPSA) is 78.7 Å². The minimum atomic E-state index is -3.45. The summed E-state index contributed by atoms with van der Waals surface area (Å²) >= 11 is 0. The van der Waals surface area contributed by atoms with Crippen LogP contribution >= 0.6 is 0 Å². The van der Waals surface area contributed by atoms with Gasteiger partial charge in [0.15, 0.2) is 0 Å². The second-order valence-corrected chi connectivity index (χ2v) is 7.28. The quantitative estimate of drug-likeness (QED) is 0.817. The first-order valence-corrected chi connectivity index (χ1v) is 8.13. The third-order valence-electron chi connectivity index (χ3n) is 3.84. The molecule has 1 fully saturated rings. The van der Waals surface area contributed by atoms with E-state index in [1.54, 1.807) is 19.4 Å². The van der Waals surface area contributed by atoms with Gasteiger partial charge in [0.25, 0.3) is 10.2 Å². The van der Waals surface area contributed by atoms with Gasteiger partial charge >= 0.3 is 0 Å². The lowest BCUT2D eigenvalue weighted by Gasteiger charge is -2.33. The number of imidazole rings is 1. The molecule has 0 unspecified atom stereocenters. The van der Waals surface area contributed by atoms with E-state index in [9.17, 15) is 8.42 Å². The summed E-state index contributed by atoms with van der Waals surface area (Å²) in [7, 11) is -0.0405. The largest absolute Gasteiger partial charge is 0.396 e. The number of aliphatic hydroxyl groups is 1. The van der Waals surface area contributed by atoms with Crippen LogP contribution in [0.5, 0.6) is 0 Å². The van der Waals surface area contributed by atoms with Gasteiger partial charge in [0.2, 0.25) is 0 Å². The van der Waals surface area contributed by atoms with Gasteiger partial charge in [0.1, 0.15) is 5.82 Å². The third kappa shape index (κ3) is 3.20. The lowest BCUT2D eigenvalue weighted by Crippen LogP contribution is -2.46. The van der Waals surface area contributed by atoms with Crippen LogP contribution < -0.4 is 0 Å². The third-order valence-corrected chi connectivity index (χ3v) is 5.77. The van der Waals surface area contributed by atoms with E-state index < -0.39 is 10.2 Å². The first-order chi connectivity index (χ1) is 9.45. The zero-order chi connectivity index (χ0) is 14.8. The van der Waals surface area contributed by atoms with Gasteiger partial charge in [-0.2, -0.15) is 17.0 Å². The van der Waals surface area contributed by atoms with Gasteiger partial charge in [-0.1, -0.05) is 0 Å². The molecule has 8 heteroatoms. The van der Waals surface area contributed by atoms with Crippen LogP contribution in [0.15, 0.2) is 12.4 Å². The van der Waals surface area contributed by atoms with Crippen molar-refractivity contribution in [1.29, 1.82) is 0 Å². The number of hydrogen-bond acceptors (Lipinski definition) is 4. The molecule has 1 aliphatic rings. The number of aliphatic hydroxyl groups excluding tert-OH is 1. The van der Waals surface area contributed by atoms with E-state index in [0.29, 0.717) is 31.8 Å². The van der Waals surface area contributed by atoms with Gasteiger partial charge in [-0.15, -0.1) is 0 Å². The summed E-state index contributed by atoms with van der Waals surface area (Å²) in [5.41, 5.74) is 0. The van der Waals surface area contributed by atoms with Crippen molar-refractivity contribution in [2.45, 2.75) is 19.4 Å². The highest BCUT2D eigenvalue weighted by molar-refractivity contribution is 7.86. The normalized spacial score (nSPS) is 18.8. The van der Waals surface area contributed by atoms with E-state index in [0.717, 1.165) is 0 Å². The molecule has 114 valence electrons. The van der Waals surface area contributed by atoms with Crippen molar-refractivity contribution in [1.82, 2.24) is 18.2 Å². The number of nitrogens with zero attached hydrogens (tertiary/aromatic N) is 4. The molecule has 1 aromatic heterocycles. The molecule has 1 saturated heterocycles. The molecule has 20 heavy (non-hydrogen) atoms. The Kier molecular flexibility index (Phi) is 4.79. The van der Waals surface area contributed by atoms with E-state index in [1.807, 2.05) is 11.6 Å². The van der Waals surface area contributed by atoms with Crippen LogP contribution in [0.3, 0.4) is 0 Å². The Hall–Kier alpha value is -0.960. The molecule has 0 saturated carbocycles. The smallest absolute Gasteiger partial charge is 0.282 e. The monoisotopic (exact) mass is 302 g/mol. The van der Waals surface area contributed by atoms with E-state index in [4.69, 9.17) is 5.11 Å². The Morgan fingerprint density at radius 1 is 1.45 bits per heavy atom. The molecule has 2 rings (SSSR count). The molecule has 0 bridgehead atoms. The maximum atomic E-state index is 12.5. The molecule has 0 radical (unpaired) electrons. The molecule has 0 amide bonds. The number of hydrogen-bond donors (Lipinski definition) is 1. The summed E-state index contributed by atoms with van der Waals surface area (Å²) in [6, 6.07) is 0. The van der Waals surface area contributed by atoms with Crippen molar-refractivity contribution in [2.75, 3.05) is 26.7 Å². The Balaban J connectivity index is 2.01. The van der Waals surface area contributed by atoms with Crippen LogP contribution in [0.2, 0.25) is 0 Å². The van der Waals surface area contributed by atoms with Crippen LogP contribution in [-0.2, 0) is 23.8 Å². The maximum absolute atomic E-state index is 12.5. The molecular formula is C12H22N4O3S.